The highest BCUT2D eigenvalue weighted by molar-refractivity contribution is 6.48. The Morgan fingerprint density at radius 2 is 2.08 bits per heavy atom. The molecule has 0 atom stereocenters. The number of rotatable bonds is 2. The Kier molecular flexibility index (Phi) is 3.22. The Morgan fingerprint density at radius 3 is 2.62 bits per heavy atom. The topological polar surface area (TPSA) is 40.5 Å². The normalized spacial score (nSPS) is 10.8. The van der Waals surface area contributed by atoms with Gasteiger partial charge in [0.05, 0.1) is 0 Å². The van der Waals surface area contributed by atoms with Gasteiger partial charge < -0.3 is 10.0 Å². The van der Waals surface area contributed by atoms with Gasteiger partial charge in [-0.1, -0.05) is 24.2 Å². The van der Waals surface area contributed by atoms with Crippen LogP contribution in [0.15, 0.2) is 24.2 Å². The minimum Gasteiger partial charge on any atom is -0.424 e. The van der Waals surface area contributed by atoms with Crippen molar-refractivity contribution in [3.63, 3.8) is 0 Å². The monoisotopic (exact) mass is 180 g/mol. The van der Waals surface area contributed by atoms with Crippen LogP contribution in [-0.2, 0) is 0 Å². The zero-order valence-electron chi connectivity index (χ0n) is 7.24. The molecule has 0 saturated carbocycles. The molecule has 0 saturated heterocycles. The van der Waals surface area contributed by atoms with Gasteiger partial charge in [-0.15, -0.1) is 0 Å². The number of hydrogen-bond donors (Lipinski definition) is 2. The first-order valence-corrected chi connectivity index (χ1v) is 3.90. The van der Waals surface area contributed by atoms with Crippen LogP contribution in [0.3, 0.4) is 0 Å². The molecule has 0 aliphatic rings. The van der Waals surface area contributed by atoms with Crippen LogP contribution in [0.4, 0.5) is 4.39 Å². The predicted molar refractivity (Wildman–Crippen MR) is 50.4 cm³/mol. The van der Waals surface area contributed by atoms with E-state index in [1.54, 1.807) is 19.1 Å². The van der Waals surface area contributed by atoms with E-state index in [0.29, 0.717) is 11.1 Å². The third-order valence-electron chi connectivity index (χ3n) is 1.66. The van der Waals surface area contributed by atoms with Gasteiger partial charge >= 0.3 is 7.12 Å². The average Bonchev–Trinajstić information content (AvgIpc) is 2.07. The molecular weight excluding hydrogens is 170 g/mol. The maximum absolute atomic E-state index is 12.9. The summed E-state index contributed by atoms with van der Waals surface area (Å²) in [5, 5.41) is 17.0. The molecule has 0 fully saturated rings. The van der Waals surface area contributed by atoms with Crippen LogP contribution in [-0.4, -0.2) is 17.2 Å². The summed E-state index contributed by atoms with van der Waals surface area (Å²) >= 11 is 0. The minimum absolute atomic E-state index is 0.297. The molecule has 0 bridgehead atoms. The lowest BCUT2D eigenvalue weighted by molar-refractivity contribution is 0.424. The lowest BCUT2D eigenvalue weighted by atomic mass is 9.90. The Hall–Kier alpha value is -1.13. The summed E-state index contributed by atoms with van der Waals surface area (Å²) < 4.78 is 12.9. The summed E-state index contributed by atoms with van der Waals surface area (Å²) in [6.45, 7) is 1.67. The molecule has 1 rings (SSSR count). The molecule has 4 heteroatoms. The van der Waals surface area contributed by atoms with Gasteiger partial charge in [0.2, 0.25) is 0 Å². The molecule has 13 heavy (non-hydrogen) atoms. The number of hydrogen-bond acceptors (Lipinski definition) is 2. The highest BCUT2D eigenvalue weighted by atomic mass is 19.1. The summed E-state index contributed by atoms with van der Waals surface area (Å²) in [7, 11) is -1.50. The maximum Gasteiger partial charge on any atom is 0.480 e. The predicted octanol–water partition coefficient (Wildman–Crippen LogP) is 1.16. The molecule has 0 amide bonds. The van der Waals surface area contributed by atoms with Gasteiger partial charge in [-0.3, -0.25) is 0 Å². The van der Waals surface area contributed by atoms with E-state index in [1.807, 2.05) is 0 Å². The van der Waals surface area contributed by atoms with Gasteiger partial charge in [0, 0.05) is 0 Å². The highest BCUT2D eigenvalue weighted by Crippen LogP contribution is 2.10. The second-order valence-electron chi connectivity index (χ2n) is 2.78. The summed E-state index contributed by atoms with van der Waals surface area (Å²) in [6, 6.07) is 4.68. The fourth-order valence-corrected chi connectivity index (χ4v) is 0.910. The van der Waals surface area contributed by atoms with Crippen LogP contribution in [0.25, 0.3) is 6.08 Å². The summed E-state index contributed by atoms with van der Waals surface area (Å²) in [5.41, 5.74) is 1.18. The fraction of sp³-hybridized carbons (Fsp3) is 0.111. The van der Waals surface area contributed by atoms with Gasteiger partial charge in [-0.2, -0.15) is 0 Å². The van der Waals surface area contributed by atoms with E-state index in [9.17, 15) is 4.39 Å². The van der Waals surface area contributed by atoms with Gasteiger partial charge in [-0.25, -0.2) is 4.39 Å². The molecule has 0 aliphatic carbocycles. The van der Waals surface area contributed by atoms with E-state index < -0.39 is 7.12 Å². The van der Waals surface area contributed by atoms with Crippen LogP contribution >= 0.6 is 0 Å². The van der Waals surface area contributed by atoms with Gasteiger partial charge in [-0.05, 0) is 24.1 Å². The minimum atomic E-state index is -1.50. The molecule has 2 N–H and O–H groups in total. The fourth-order valence-electron chi connectivity index (χ4n) is 0.910. The molecule has 2 nitrogen and oxygen atoms in total. The van der Waals surface area contributed by atoms with Crippen LogP contribution in [0.1, 0.15) is 11.1 Å². The number of halogens is 1. The lowest BCUT2D eigenvalue weighted by Crippen LogP contribution is -2.05. The zero-order chi connectivity index (χ0) is 9.84. The number of benzene rings is 1. The van der Waals surface area contributed by atoms with Crippen molar-refractivity contribution in [2.24, 2.45) is 0 Å². The summed E-state index contributed by atoms with van der Waals surface area (Å²) in [4.78, 5) is 0. The third-order valence-corrected chi connectivity index (χ3v) is 1.66. The first kappa shape index (κ1) is 9.96. The van der Waals surface area contributed by atoms with E-state index >= 15 is 0 Å². The molecule has 0 aliphatic heterocycles. The van der Waals surface area contributed by atoms with Gasteiger partial charge in [0.1, 0.15) is 5.82 Å². The molecule has 0 heterocycles. The largest absolute Gasteiger partial charge is 0.480 e. The SMILES string of the molecule is Cc1ccc(/C=C/B(O)O)cc1F. The van der Waals surface area contributed by atoms with Gasteiger partial charge in [0.15, 0.2) is 0 Å². The number of aryl methyl sites for hydroxylation is 1. The van der Waals surface area contributed by atoms with E-state index in [4.69, 9.17) is 10.0 Å². The van der Waals surface area contributed by atoms with Crippen molar-refractivity contribution < 1.29 is 14.4 Å². The average molecular weight is 180 g/mol. The van der Waals surface area contributed by atoms with Crippen LogP contribution in [0, 0.1) is 12.7 Å². The Morgan fingerprint density at radius 1 is 1.38 bits per heavy atom. The van der Waals surface area contributed by atoms with Crippen molar-refractivity contribution in [1.82, 2.24) is 0 Å². The van der Waals surface area contributed by atoms with Crippen molar-refractivity contribution >= 4 is 13.2 Å². The van der Waals surface area contributed by atoms with Gasteiger partial charge in [0.25, 0.3) is 0 Å². The standard InChI is InChI=1S/C9H10BFO2/c1-7-2-3-8(6-9(7)11)4-5-10(12)13/h2-6,12-13H,1H3/b5-4+. The second kappa shape index (κ2) is 4.21. The molecular formula is C9H10BFO2. The molecule has 1 aromatic carbocycles. The van der Waals surface area contributed by atoms with Crippen molar-refractivity contribution in [2.45, 2.75) is 6.92 Å². The first-order valence-electron chi connectivity index (χ1n) is 3.90. The van der Waals surface area contributed by atoms with Crippen LogP contribution < -0.4 is 0 Å². The second-order valence-corrected chi connectivity index (χ2v) is 2.78. The van der Waals surface area contributed by atoms with E-state index in [0.717, 1.165) is 0 Å². The zero-order valence-corrected chi connectivity index (χ0v) is 7.24. The summed E-state index contributed by atoms with van der Waals surface area (Å²) in [6.07, 6.45) is 1.45. The molecule has 1 aromatic rings. The van der Waals surface area contributed by atoms with E-state index in [1.165, 1.54) is 18.1 Å². The molecule has 0 aromatic heterocycles. The quantitative estimate of drug-likeness (QED) is 0.670. The van der Waals surface area contributed by atoms with Crippen LogP contribution in [0.5, 0.6) is 0 Å². The third kappa shape index (κ3) is 3.01. The van der Waals surface area contributed by atoms with Crippen molar-refractivity contribution in [3.05, 3.63) is 41.1 Å². The van der Waals surface area contributed by atoms with E-state index in [2.05, 4.69) is 0 Å². The lowest BCUT2D eigenvalue weighted by Gasteiger charge is -1.97. The molecule has 0 unspecified atom stereocenters. The molecule has 0 radical (unpaired) electrons. The summed E-state index contributed by atoms with van der Waals surface area (Å²) in [5.74, 6) is 0.874. The van der Waals surface area contributed by atoms with E-state index in [-0.39, 0.29) is 5.82 Å². The van der Waals surface area contributed by atoms with Crippen molar-refractivity contribution in [1.29, 1.82) is 0 Å². The van der Waals surface area contributed by atoms with Crippen molar-refractivity contribution in [2.75, 3.05) is 0 Å². The first-order chi connectivity index (χ1) is 6.09. The maximum atomic E-state index is 12.9. The Balaban J connectivity index is 2.85. The Bertz CT molecular complexity index is 323. The smallest absolute Gasteiger partial charge is 0.424 e. The van der Waals surface area contributed by atoms with Crippen LogP contribution in [0.2, 0.25) is 0 Å². The molecule has 68 valence electrons. The molecule has 0 spiro atoms. The van der Waals surface area contributed by atoms with Crippen molar-refractivity contribution in [3.8, 4) is 0 Å². The Labute approximate surface area is 76.5 Å². The highest BCUT2D eigenvalue weighted by Gasteiger charge is 2.00.